The van der Waals surface area contributed by atoms with Crippen molar-refractivity contribution < 1.29 is 28.5 Å². The summed E-state index contributed by atoms with van der Waals surface area (Å²) >= 11 is 1.25. The Morgan fingerprint density at radius 1 is 0.949 bits per heavy atom. The van der Waals surface area contributed by atoms with Crippen LogP contribution in [-0.4, -0.2) is 44.6 Å². The highest BCUT2D eigenvalue weighted by Gasteiger charge is 2.34. The largest absolute Gasteiger partial charge is 0.493 e. The average Bonchev–Trinajstić information content (AvgIpc) is 3.23. The molecule has 1 aliphatic rings. The van der Waals surface area contributed by atoms with Gasteiger partial charge in [-0.15, -0.1) is 0 Å². The Balaban J connectivity index is 1.92. The van der Waals surface area contributed by atoms with Gasteiger partial charge < -0.3 is 23.7 Å². The fourth-order valence-electron chi connectivity index (χ4n) is 4.44. The average molecular weight is 553 g/mol. The first-order valence-corrected chi connectivity index (χ1v) is 13.5. The van der Waals surface area contributed by atoms with Crippen molar-refractivity contribution in [1.29, 1.82) is 0 Å². The van der Waals surface area contributed by atoms with E-state index in [1.54, 1.807) is 50.8 Å². The molecule has 39 heavy (non-hydrogen) atoms. The molecule has 0 spiro atoms. The number of benzene rings is 2. The minimum absolute atomic E-state index is 0.194. The molecule has 1 aromatic heterocycles. The third kappa shape index (κ3) is 5.56. The van der Waals surface area contributed by atoms with Crippen LogP contribution >= 0.6 is 11.3 Å². The van der Waals surface area contributed by atoms with E-state index >= 15 is 0 Å². The molecule has 0 N–H and O–H groups in total. The van der Waals surface area contributed by atoms with E-state index in [1.165, 1.54) is 11.3 Å². The number of hydrogen-bond acceptors (Lipinski definition) is 9. The van der Waals surface area contributed by atoms with Gasteiger partial charge in [-0.05, 0) is 69.2 Å². The van der Waals surface area contributed by atoms with Crippen LogP contribution in [0, 0.1) is 0 Å². The number of fused-ring (bicyclic) bond motifs is 1. The summed E-state index contributed by atoms with van der Waals surface area (Å²) in [5.74, 6) is 1.73. The van der Waals surface area contributed by atoms with Crippen LogP contribution in [-0.2, 0) is 9.53 Å². The lowest BCUT2D eigenvalue weighted by molar-refractivity contribution is -0.139. The minimum atomic E-state index is -0.762. The molecule has 1 aliphatic heterocycles. The molecule has 1 atom stereocenters. The molecule has 3 aromatic rings. The molecule has 2 aromatic carbocycles. The van der Waals surface area contributed by atoms with Crippen molar-refractivity contribution in [1.82, 2.24) is 4.57 Å². The highest BCUT2D eigenvalue weighted by Crippen LogP contribution is 2.36. The summed E-state index contributed by atoms with van der Waals surface area (Å²) in [7, 11) is 3.13. The Bertz CT molecular complexity index is 1590. The van der Waals surface area contributed by atoms with E-state index in [4.69, 9.17) is 23.7 Å². The first-order valence-electron chi connectivity index (χ1n) is 12.7. The number of allylic oxidation sites excluding steroid dienone is 1. The van der Waals surface area contributed by atoms with Gasteiger partial charge in [-0.2, -0.15) is 0 Å². The molecule has 0 fully saturated rings. The van der Waals surface area contributed by atoms with Crippen LogP contribution in [0.1, 0.15) is 44.9 Å². The zero-order chi connectivity index (χ0) is 28.1. The second-order valence-electron chi connectivity index (χ2n) is 8.49. The summed E-state index contributed by atoms with van der Waals surface area (Å²) in [6.45, 7) is 8.39. The molecule has 0 radical (unpaired) electrons. The zero-order valence-electron chi connectivity index (χ0n) is 22.9. The Morgan fingerprint density at radius 3 is 2.31 bits per heavy atom. The molecule has 9 nitrogen and oxygen atoms in total. The van der Waals surface area contributed by atoms with Gasteiger partial charge in [-0.25, -0.2) is 9.79 Å². The quantitative estimate of drug-likeness (QED) is 0.355. The maximum Gasteiger partial charge on any atom is 0.338 e. The fraction of sp³-hybridized carbons (Fsp3) is 0.345. The van der Waals surface area contributed by atoms with E-state index in [9.17, 15) is 9.59 Å². The molecule has 1 unspecified atom stereocenters. The Labute approximate surface area is 230 Å². The number of hydrogen-bond donors (Lipinski definition) is 0. The number of aromatic nitrogens is 1. The summed E-state index contributed by atoms with van der Waals surface area (Å²) in [5.41, 5.74) is 1.95. The van der Waals surface area contributed by atoms with Crippen molar-refractivity contribution >= 4 is 23.4 Å². The van der Waals surface area contributed by atoms with Crippen molar-refractivity contribution in [3.63, 3.8) is 0 Å². The standard InChI is InChI=1S/C29H32N2O7S/c1-7-36-21-12-10-18(14-22(21)35-6)15-24-27(32)31-26(19-11-13-20(34-5)23(16-19)37-8-2)25(28(33)38-9-3)17(4)30-29(31)39-24/h10-16,26H,7-9H2,1-6H3. The minimum Gasteiger partial charge on any atom is -0.493 e. The van der Waals surface area contributed by atoms with Crippen molar-refractivity contribution in [2.45, 2.75) is 33.7 Å². The van der Waals surface area contributed by atoms with Gasteiger partial charge in [-0.3, -0.25) is 9.36 Å². The molecule has 2 heterocycles. The van der Waals surface area contributed by atoms with Gasteiger partial charge in [0.25, 0.3) is 5.56 Å². The maximum atomic E-state index is 13.9. The lowest BCUT2D eigenvalue weighted by atomic mass is 9.95. The number of thiazole rings is 1. The molecular weight excluding hydrogens is 520 g/mol. The van der Waals surface area contributed by atoms with Crippen LogP contribution < -0.4 is 33.8 Å². The SMILES string of the molecule is CCOC(=O)C1=C(C)N=c2sc(=Cc3ccc(OCC)c(OC)c3)c(=O)n2C1c1ccc(OC)c(OCC)c1. The molecule has 0 saturated heterocycles. The second kappa shape index (κ2) is 12.2. The maximum absolute atomic E-state index is 13.9. The number of nitrogens with zero attached hydrogens (tertiary/aromatic N) is 2. The number of carbonyl (C=O) groups excluding carboxylic acids is 1. The fourth-order valence-corrected chi connectivity index (χ4v) is 5.49. The highest BCUT2D eigenvalue weighted by molar-refractivity contribution is 7.07. The van der Waals surface area contributed by atoms with Crippen molar-refractivity contribution in [2.75, 3.05) is 34.0 Å². The third-order valence-corrected chi connectivity index (χ3v) is 7.09. The second-order valence-corrected chi connectivity index (χ2v) is 9.50. The monoisotopic (exact) mass is 552 g/mol. The Morgan fingerprint density at radius 2 is 1.64 bits per heavy atom. The lowest BCUT2D eigenvalue weighted by Crippen LogP contribution is -2.40. The van der Waals surface area contributed by atoms with Gasteiger partial charge in [-0.1, -0.05) is 23.5 Å². The third-order valence-electron chi connectivity index (χ3n) is 6.11. The van der Waals surface area contributed by atoms with E-state index in [2.05, 4.69) is 4.99 Å². The van der Waals surface area contributed by atoms with Crippen LogP contribution in [0.25, 0.3) is 6.08 Å². The number of ether oxygens (including phenoxy) is 5. The molecule has 0 saturated carbocycles. The van der Waals surface area contributed by atoms with Crippen molar-refractivity contribution in [3.05, 3.63) is 78.5 Å². The van der Waals surface area contributed by atoms with Crippen LogP contribution in [0.15, 0.2) is 57.5 Å². The van der Waals surface area contributed by atoms with Gasteiger partial charge in [0, 0.05) is 0 Å². The molecule has 0 amide bonds. The van der Waals surface area contributed by atoms with Gasteiger partial charge in [0.2, 0.25) is 0 Å². The molecule has 10 heteroatoms. The number of methoxy groups -OCH3 is 2. The van der Waals surface area contributed by atoms with Crippen LogP contribution in [0.4, 0.5) is 0 Å². The number of rotatable bonds is 10. The van der Waals surface area contributed by atoms with Crippen molar-refractivity contribution in [3.8, 4) is 23.0 Å². The van der Waals surface area contributed by atoms with Gasteiger partial charge in [0.1, 0.15) is 0 Å². The number of esters is 1. The lowest BCUT2D eigenvalue weighted by Gasteiger charge is -2.25. The predicted octanol–water partition coefficient (Wildman–Crippen LogP) is 3.61. The zero-order valence-corrected chi connectivity index (χ0v) is 23.7. The van der Waals surface area contributed by atoms with Crippen LogP contribution in [0.3, 0.4) is 0 Å². The summed E-state index contributed by atoms with van der Waals surface area (Å²) in [6, 6.07) is 10.1. The van der Waals surface area contributed by atoms with E-state index in [0.29, 0.717) is 62.4 Å². The van der Waals surface area contributed by atoms with E-state index in [1.807, 2.05) is 38.1 Å². The first-order chi connectivity index (χ1) is 18.9. The van der Waals surface area contributed by atoms with Crippen molar-refractivity contribution in [2.24, 2.45) is 4.99 Å². The predicted molar refractivity (Wildman–Crippen MR) is 149 cm³/mol. The summed E-state index contributed by atoms with van der Waals surface area (Å²) in [4.78, 5) is 32.2. The van der Waals surface area contributed by atoms with Crippen LogP contribution in [0.5, 0.6) is 23.0 Å². The molecular formula is C29H32N2O7S. The molecule has 0 aliphatic carbocycles. The summed E-state index contributed by atoms with van der Waals surface area (Å²) < 4.78 is 29.7. The van der Waals surface area contributed by atoms with Crippen LogP contribution in [0.2, 0.25) is 0 Å². The van der Waals surface area contributed by atoms with Gasteiger partial charge in [0.05, 0.1) is 55.9 Å². The number of carbonyl (C=O) groups is 1. The highest BCUT2D eigenvalue weighted by atomic mass is 32.1. The summed E-state index contributed by atoms with van der Waals surface area (Å²) in [5, 5.41) is 0. The Hall–Kier alpha value is -4.05. The molecule has 4 rings (SSSR count). The Kier molecular flexibility index (Phi) is 8.75. The molecule has 206 valence electrons. The van der Waals surface area contributed by atoms with Gasteiger partial charge >= 0.3 is 5.97 Å². The summed E-state index contributed by atoms with van der Waals surface area (Å²) in [6.07, 6.45) is 1.78. The smallest absolute Gasteiger partial charge is 0.338 e. The van der Waals surface area contributed by atoms with E-state index in [0.717, 1.165) is 5.56 Å². The van der Waals surface area contributed by atoms with E-state index in [-0.39, 0.29) is 12.2 Å². The normalized spacial score (nSPS) is 14.9. The van der Waals surface area contributed by atoms with Gasteiger partial charge in [0.15, 0.2) is 27.8 Å². The topological polar surface area (TPSA) is 97.6 Å². The molecule has 0 bridgehead atoms. The van der Waals surface area contributed by atoms with E-state index < -0.39 is 12.0 Å². The first kappa shape index (κ1) is 28.0.